The van der Waals surface area contributed by atoms with Crippen LogP contribution in [0.3, 0.4) is 0 Å². The molecule has 0 heterocycles. The van der Waals surface area contributed by atoms with Gasteiger partial charge in [0.15, 0.2) is 0 Å². The number of rotatable bonds is 10. The molecule has 65 heavy (non-hydrogen) atoms. The first kappa shape index (κ1) is 31.3. The van der Waals surface area contributed by atoms with E-state index in [9.17, 15) is 11.0 Å². The van der Waals surface area contributed by atoms with Crippen molar-refractivity contribution >= 4 is 27.8 Å². The highest BCUT2D eigenvalue weighted by atomic mass is 15.1. The van der Waals surface area contributed by atoms with Gasteiger partial charge in [-0.1, -0.05) is 200 Å². The van der Waals surface area contributed by atoms with Crippen LogP contribution in [0.1, 0.15) is 11.0 Å². The van der Waals surface area contributed by atoms with Gasteiger partial charge in [0.2, 0.25) is 0 Å². The van der Waals surface area contributed by atoms with E-state index in [1.165, 1.54) is 4.90 Å². The van der Waals surface area contributed by atoms with Crippen LogP contribution in [-0.4, -0.2) is 0 Å². The highest BCUT2D eigenvalue weighted by Gasteiger charge is 2.15. The fraction of sp³-hybridized carbons (Fsp3) is 0. The Labute approximate surface area is 393 Å². The summed E-state index contributed by atoms with van der Waals surface area (Å²) in [6.07, 6.45) is 0. The Morgan fingerprint density at radius 3 is 1.00 bits per heavy atom. The molecule has 0 radical (unpaired) electrons. The standard InChI is InChI=1S/C64H45N/c1-4-14-46(15-5-1)54-22-12-23-55(40-54)50-28-34-62(35-29-50)65(63-36-30-51(31-37-63)56-24-13-25-57(41-56)58-27-26-49-20-10-11-21-53(49)42-58)64-38-32-52(33-39-64)61-44-59(47-16-6-2-7-17-47)43-60(45-61)48-18-8-3-9-19-48/h1-45H/i28D,29D,30D,31D,34D,35D,36D,37D. The Morgan fingerprint density at radius 2 is 0.523 bits per heavy atom. The molecule has 0 unspecified atom stereocenters. The highest BCUT2D eigenvalue weighted by molar-refractivity contribution is 5.89. The van der Waals surface area contributed by atoms with Gasteiger partial charge in [0, 0.05) is 17.1 Å². The van der Waals surface area contributed by atoms with Gasteiger partial charge in [-0.25, -0.2) is 0 Å². The second-order valence-corrected chi connectivity index (χ2v) is 16.0. The zero-order valence-corrected chi connectivity index (χ0v) is 35.3. The van der Waals surface area contributed by atoms with E-state index in [0.717, 1.165) is 66.4 Å². The fourth-order valence-corrected chi connectivity index (χ4v) is 8.39. The third-order valence-corrected chi connectivity index (χ3v) is 11.8. The van der Waals surface area contributed by atoms with E-state index in [-0.39, 0.29) is 46.7 Å². The van der Waals surface area contributed by atoms with E-state index in [2.05, 4.69) is 48.5 Å². The predicted octanol–water partition coefficient (Wildman–Crippen LogP) is 18.0. The zero-order chi connectivity index (χ0) is 50.3. The predicted molar refractivity (Wildman–Crippen MR) is 277 cm³/mol. The van der Waals surface area contributed by atoms with E-state index in [1.54, 1.807) is 24.3 Å². The van der Waals surface area contributed by atoms with E-state index < -0.39 is 24.2 Å². The monoisotopic (exact) mass is 835 g/mol. The molecule has 0 saturated carbocycles. The fourth-order valence-electron chi connectivity index (χ4n) is 8.39. The summed E-state index contributed by atoms with van der Waals surface area (Å²) in [4.78, 5) is 1.36. The molecule has 0 fully saturated rings. The molecule has 0 amide bonds. The van der Waals surface area contributed by atoms with Gasteiger partial charge in [-0.05, 0) is 161 Å². The maximum Gasteiger partial charge on any atom is 0.0645 e. The van der Waals surface area contributed by atoms with Crippen LogP contribution < -0.4 is 4.90 Å². The Hall–Kier alpha value is -8.52. The van der Waals surface area contributed by atoms with Gasteiger partial charge in [-0.15, -0.1) is 0 Å². The number of fused-ring (bicyclic) bond motifs is 1. The highest BCUT2D eigenvalue weighted by Crippen LogP contribution is 2.40. The lowest BCUT2D eigenvalue weighted by molar-refractivity contribution is 1.28. The van der Waals surface area contributed by atoms with Crippen molar-refractivity contribution in [1.82, 2.24) is 0 Å². The lowest BCUT2D eigenvalue weighted by Gasteiger charge is -2.26. The molecule has 0 saturated heterocycles. The Bertz CT molecular complexity index is 3760. The molecule has 0 aromatic heterocycles. The van der Waals surface area contributed by atoms with Crippen molar-refractivity contribution in [3.05, 3.63) is 273 Å². The summed E-state index contributed by atoms with van der Waals surface area (Å²) >= 11 is 0. The minimum Gasteiger partial charge on any atom is -0.311 e. The number of nitrogens with zero attached hydrogens (tertiary/aromatic N) is 1. The molecule has 0 aliphatic carbocycles. The normalized spacial score (nSPS) is 12.8. The van der Waals surface area contributed by atoms with Crippen molar-refractivity contribution in [2.45, 2.75) is 0 Å². The van der Waals surface area contributed by atoms with Crippen LogP contribution in [-0.2, 0) is 0 Å². The molecular weight excluding hydrogens is 783 g/mol. The molecule has 0 aliphatic rings. The van der Waals surface area contributed by atoms with Crippen LogP contribution in [0.5, 0.6) is 0 Å². The van der Waals surface area contributed by atoms with Crippen molar-refractivity contribution < 1.29 is 11.0 Å². The molecular formula is C64H45N. The van der Waals surface area contributed by atoms with Gasteiger partial charge in [0.05, 0.1) is 11.0 Å². The van der Waals surface area contributed by atoms with Gasteiger partial charge < -0.3 is 4.90 Å². The van der Waals surface area contributed by atoms with Gasteiger partial charge in [0.25, 0.3) is 0 Å². The minimum absolute atomic E-state index is 0.0948. The average Bonchev–Trinajstić information content (AvgIpc) is 3.44. The van der Waals surface area contributed by atoms with Crippen molar-refractivity contribution in [2.24, 2.45) is 0 Å². The van der Waals surface area contributed by atoms with Crippen molar-refractivity contribution in [3.8, 4) is 77.9 Å². The zero-order valence-electron chi connectivity index (χ0n) is 43.3. The third-order valence-electron chi connectivity index (χ3n) is 11.8. The van der Waals surface area contributed by atoms with E-state index in [4.69, 9.17) is 0 Å². The van der Waals surface area contributed by atoms with Crippen molar-refractivity contribution in [1.29, 1.82) is 0 Å². The van der Waals surface area contributed by atoms with Gasteiger partial charge in [-0.3, -0.25) is 0 Å². The summed E-state index contributed by atoms with van der Waals surface area (Å²) in [5.41, 5.74) is 10.5. The largest absolute Gasteiger partial charge is 0.311 e. The van der Waals surface area contributed by atoms with Gasteiger partial charge in [-0.2, -0.15) is 0 Å². The van der Waals surface area contributed by atoms with Gasteiger partial charge >= 0.3 is 0 Å². The number of hydrogen-bond donors (Lipinski definition) is 0. The van der Waals surface area contributed by atoms with E-state index >= 15 is 0 Å². The molecule has 1 heteroatoms. The summed E-state index contributed by atoms with van der Waals surface area (Å²) in [5.74, 6) is 0. The summed E-state index contributed by atoms with van der Waals surface area (Å²) in [6, 6.07) is 69.9. The Balaban J connectivity index is 1.08. The number of hydrogen-bond acceptors (Lipinski definition) is 1. The summed E-state index contributed by atoms with van der Waals surface area (Å²) < 4.78 is 77.1. The molecule has 11 aromatic rings. The van der Waals surface area contributed by atoms with Crippen LogP contribution in [0.25, 0.3) is 88.7 Å². The van der Waals surface area contributed by atoms with Crippen LogP contribution in [0, 0.1) is 0 Å². The smallest absolute Gasteiger partial charge is 0.0645 e. The lowest BCUT2D eigenvalue weighted by Crippen LogP contribution is -2.09. The third kappa shape index (κ3) is 8.40. The quantitative estimate of drug-likeness (QED) is 0.133. The summed E-state index contributed by atoms with van der Waals surface area (Å²) in [6.45, 7) is 0. The summed E-state index contributed by atoms with van der Waals surface area (Å²) in [7, 11) is 0. The topological polar surface area (TPSA) is 3.24 Å². The molecule has 11 rings (SSSR count). The maximum absolute atomic E-state index is 9.73. The lowest BCUT2D eigenvalue weighted by atomic mass is 9.93. The number of benzene rings is 11. The molecule has 1 nitrogen and oxygen atoms in total. The first-order valence-corrected chi connectivity index (χ1v) is 21.7. The molecule has 306 valence electrons. The SMILES string of the molecule is [2H]c1c([2H])c(N(c2ccc(-c3cc(-c4ccccc4)cc(-c4ccccc4)c3)cc2)c2c([2H])c([2H])c(-c3cccc(-c4ccc5ccccc5c4)c3)c([2H])c2[2H])c([2H])c([2H])c1-c1cccc(-c2ccccc2)c1. The first-order chi connectivity index (χ1) is 35.5. The Morgan fingerprint density at radius 1 is 0.200 bits per heavy atom. The second kappa shape index (κ2) is 17.7. The Kier molecular flexibility index (Phi) is 8.53. The van der Waals surface area contributed by atoms with Crippen LogP contribution in [0.4, 0.5) is 17.1 Å². The second-order valence-electron chi connectivity index (χ2n) is 16.0. The van der Waals surface area contributed by atoms with Crippen molar-refractivity contribution in [3.63, 3.8) is 0 Å². The van der Waals surface area contributed by atoms with Gasteiger partial charge in [0.1, 0.15) is 0 Å². The molecule has 0 aliphatic heterocycles. The minimum atomic E-state index is -0.407. The van der Waals surface area contributed by atoms with Crippen molar-refractivity contribution in [2.75, 3.05) is 4.90 Å². The molecule has 0 bridgehead atoms. The first-order valence-electron chi connectivity index (χ1n) is 25.7. The molecule has 0 spiro atoms. The molecule has 0 N–H and O–H groups in total. The molecule has 0 atom stereocenters. The van der Waals surface area contributed by atoms with Crippen LogP contribution >= 0.6 is 0 Å². The van der Waals surface area contributed by atoms with E-state index in [1.807, 2.05) is 152 Å². The van der Waals surface area contributed by atoms with Crippen LogP contribution in [0.15, 0.2) is 273 Å². The maximum atomic E-state index is 9.73. The average molecular weight is 836 g/mol. The van der Waals surface area contributed by atoms with E-state index in [0.29, 0.717) is 16.8 Å². The summed E-state index contributed by atoms with van der Waals surface area (Å²) in [5, 5.41) is 2.16. The molecule has 11 aromatic carbocycles. The number of anilines is 3. The van der Waals surface area contributed by atoms with Crippen LogP contribution in [0.2, 0.25) is 0 Å².